The van der Waals surface area contributed by atoms with Crippen LogP contribution in [0.2, 0.25) is 0 Å². The van der Waals surface area contributed by atoms with Gasteiger partial charge in [-0.1, -0.05) is 102 Å². The molecule has 172 valence electrons. The zero-order valence-electron chi connectivity index (χ0n) is 20.3. The predicted molar refractivity (Wildman–Crippen MR) is 134 cm³/mol. The summed E-state index contributed by atoms with van der Waals surface area (Å²) in [4.78, 5) is 0. The molecule has 0 fully saturated rings. The van der Waals surface area contributed by atoms with E-state index < -0.39 is 0 Å². The second-order valence-corrected chi connectivity index (χ2v) is 8.74. The van der Waals surface area contributed by atoms with Crippen molar-refractivity contribution in [1.82, 2.24) is 0 Å². The van der Waals surface area contributed by atoms with Crippen LogP contribution in [-0.4, -0.2) is 14.2 Å². The summed E-state index contributed by atoms with van der Waals surface area (Å²) in [7, 11) is 3.46. The number of methoxy groups -OCH3 is 2. The summed E-state index contributed by atoms with van der Waals surface area (Å²) in [5.74, 6) is 1.84. The van der Waals surface area contributed by atoms with E-state index in [1.165, 1.54) is 100 Å². The lowest BCUT2D eigenvalue weighted by Gasteiger charge is -2.12. The average molecular weight is 425 g/mol. The number of benzene rings is 2. The third-order valence-corrected chi connectivity index (χ3v) is 6.26. The molecule has 0 aliphatic heterocycles. The lowest BCUT2D eigenvalue weighted by molar-refractivity contribution is 0.414. The Bertz CT molecular complexity index is 705. The van der Waals surface area contributed by atoms with Crippen molar-refractivity contribution in [3.8, 4) is 22.6 Å². The molecule has 0 bridgehead atoms. The highest BCUT2D eigenvalue weighted by atomic mass is 16.5. The fourth-order valence-corrected chi connectivity index (χ4v) is 4.29. The normalized spacial score (nSPS) is 10.9. The first kappa shape index (κ1) is 25.3. The van der Waals surface area contributed by atoms with Crippen LogP contribution in [0.4, 0.5) is 0 Å². The molecule has 0 N–H and O–H groups in total. The minimum absolute atomic E-state index is 0.898. The largest absolute Gasteiger partial charge is 0.497 e. The Morgan fingerprint density at radius 3 is 1.55 bits per heavy atom. The fraction of sp³-hybridized carbons (Fsp3) is 0.586. The molecule has 0 aliphatic carbocycles. The number of unbranched alkanes of at least 4 members (excludes halogenated alkanes) is 12. The van der Waals surface area contributed by atoms with Crippen LogP contribution in [0.25, 0.3) is 11.1 Å². The van der Waals surface area contributed by atoms with Gasteiger partial charge in [0.25, 0.3) is 0 Å². The minimum Gasteiger partial charge on any atom is -0.497 e. The molecule has 2 heteroatoms. The van der Waals surface area contributed by atoms with Crippen molar-refractivity contribution in [2.24, 2.45) is 0 Å². The van der Waals surface area contributed by atoms with E-state index >= 15 is 0 Å². The molecular weight excluding hydrogens is 380 g/mol. The van der Waals surface area contributed by atoms with Crippen LogP contribution in [0.1, 0.15) is 96.0 Å². The molecule has 2 rings (SSSR count). The standard InChI is InChI=1S/C29H44O2/c1-4-5-6-7-8-9-10-11-12-13-14-15-16-17-26-24-28(31-3)22-23-29(26)25-18-20-27(30-2)21-19-25/h18-24H,4-17H2,1-3H3. The highest BCUT2D eigenvalue weighted by Gasteiger charge is 2.08. The zero-order valence-corrected chi connectivity index (χ0v) is 20.3. The van der Waals surface area contributed by atoms with Gasteiger partial charge in [0.05, 0.1) is 14.2 Å². The summed E-state index contributed by atoms with van der Waals surface area (Å²) in [5, 5.41) is 0. The quantitative estimate of drug-likeness (QED) is 0.236. The van der Waals surface area contributed by atoms with Gasteiger partial charge in [-0.15, -0.1) is 0 Å². The molecule has 0 saturated heterocycles. The van der Waals surface area contributed by atoms with Crippen LogP contribution in [0.5, 0.6) is 11.5 Å². The molecule has 2 nitrogen and oxygen atoms in total. The van der Waals surface area contributed by atoms with Crippen molar-refractivity contribution in [2.75, 3.05) is 14.2 Å². The Kier molecular flexibility index (Phi) is 12.9. The Labute approximate surface area is 191 Å². The first-order valence-electron chi connectivity index (χ1n) is 12.6. The van der Waals surface area contributed by atoms with Gasteiger partial charge in [0.15, 0.2) is 0 Å². The number of hydrogen-bond acceptors (Lipinski definition) is 2. The Balaban J connectivity index is 1.68. The van der Waals surface area contributed by atoms with Crippen LogP contribution in [0.3, 0.4) is 0 Å². The van der Waals surface area contributed by atoms with E-state index in [1.54, 1.807) is 14.2 Å². The van der Waals surface area contributed by atoms with Crippen molar-refractivity contribution < 1.29 is 9.47 Å². The molecule has 0 saturated carbocycles. The maximum absolute atomic E-state index is 5.48. The lowest BCUT2D eigenvalue weighted by atomic mass is 9.95. The molecule has 2 aromatic rings. The Morgan fingerprint density at radius 1 is 0.548 bits per heavy atom. The average Bonchev–Trinajstić information content (AvgIpc) is 2.82. The van der Waals surface area contributed by atoms with Gasteiger partial charge in [-0.2, -0.15) is 0 Å². The molecule has 0 spiro atoms. The van der Waals surface area contributed by atoms with Crippen LogP contribution in [-0.2, 0) is 6.42 Å². The van der Waals surface area contributed by atoms with E-state index in [9.17, 15) is 0 Å². The third kappa shape index (κ3) is 9.80. The van der Waals surface area contributed by atoms with Crippen molar-refractivity contribution in [3.05, 3.63) is 48.0 Å². The maximum Gasteiger partial charge on any atom is 0.119 e. The number of hydrogen-bond donors (Lipinski definition) is 0. The van der Waals surface area contributed by atoms with Gasteiger partial charge >= 0.3 is 0 Å². The second kappa shape index (κ2) is 15.8. The summed E-state index contributed by atoms with van der Waals surface area (Å²) in [6, 6.07) is 14.8. The summed E-state index contributed by atoms with van der Waals surface area (Å²) in [5.41, 5.74) is 3.93. The molecule has 0 radical (unpaired) electrons. The Hall–Kier alpha value is -1.96. The summed E-state index contributed by atoms with van der Waals surface area (Å²) < 4.78 is 10.8. The van der Waals surface area contributed by atoms with Crippen molar-refractivity contribution in [1.29, 1.82) is 0 Å². The molecule has 31 heavy (non-hydrogen) atoms. The van der Waals surface area contributed by atoms with E-state index in [4.69, 9.17) is 9.47 Å². The molecule has 0 aliphatic rings. The van der Waals surface area contributed by atoms with Gasteiger partial charge in [-0.25, -0.2) is 0 Å². The summed E-state index contributed by atoms with van der Waals surface area (Å²) in [6.07, 6.45) is 19.2. The van der Waals surface area contributed by atoms with Gasteiger partial charge in [0.2, 0.25) is 0 Å². The molecule has 2 aromatic carbocycles. The summed E-state index contributed by atoms with van der Waals surface area (Å²) in [6.45, 7) is 2.29. The van der Waals surface area contributed by atoms with Crippen molar-refractivity contribution in [3.63, 3.8) is 0 Å². The molecular formula is C29H44O2. The monoisotopic (exact) mass is 424 g/mol. The zero-order chi connectivity index (χ0) is 22.2. The fourth-order valence-electron chi connectivity index (χ4n) is 4.29. The van der Waals surface area contributed by atoms with E-state index in [1.807, 2.05) is 12.1 Å². The van der Waals surface area contributed by atoms with Crippen molar-refractivity contribution in [2.45, 2.75) is 96.8 Å². The van der Waals surface area contributed by atoms with E-state index in [0.717, 1.165) is 17.9 Å². The Morgan fingerprint density at radius 2 is 1.03 bits per heavy atom. The van der Waals surface area contributed by atoms with Gasteiger partial charge in [0, 0.05) is 0 Å². The highest BCUT2D eigenvalue weighted by Crippen LogP contribution is 2.30. The first-order valence-corrected chi connectivity index (χ1v) is 12.6. The molecule has 0 atom stereocenters. The topological polar surface area (TPSA) is 18.5 Å². The van der Waals surface area contributed by atoms with Crippen LogP contribution < -0.4 is 9.47 Å². The van der Waals surface area contributed by atoms with Gasteiger partial charge < -0.3 is 9.47 Å². The molecule has 0 aromatic heterocycles. The molecule has 0 unspecified atom stereocenters. The lowest BCUT2D eigenvalue weighted by Crippen LogP contribution is -1.94. The SMILES string of the molecule is CCCCCCCCCCCCCCCc1cc(OC)ccc1-c1ccc(OC)cc1. The van der Waals surface area contributed by atoms with Gasteiger partial charge in [-0.3, -0.25) is 0 Å². The minimum atomic E-state index is 0.898. The van der Waals surface area contributed by atoms with Crippen LogP contribution in [0, 0.1) is 0 Å². The predicted octanol–water partition coefficient (Wildman–Crippen LogP) is 9.00. The second-order valence-electron chi connectivity index (χ2n) is 8.74. The number of rotatable bonds is 17. The number of ether oxygens (including phenoxy) is 2. The molecule has 0 heterocycles. The third-order valence-electron chi connectivity index (χ3n) is 6.26. The first-order chi connectivity index (χ1) is 15.3. The van der Waals surface area contributed by atoms with E-state index in [-0.39, 0.29) is 0 Å². The van der Waals surface area contributed by atoms with Gasteiger partial charge in [0.1, 0.15) is 11.5 Å². The van der Waals surface area contributed by atoms with Crippen LogP contribution >= 0.6 is 0 Å². The van der Waals surface area contributed by atoms with E-state index in [0.29, 0.717) is 0 Å². The summed E-state index contributed by atoms with van der Waals surface area (Å²) >= 11 is 0. The number of aryl methyl sites for hydroxylation is 1. The van der Waals surface area contributed by atoms with Crippen molar-refractivity contribution >= 4 is 0 Å². The maximum atomic E-state index is 5.48. The molecule has 0 amide bonds. The van der Waals surface area contributed by atoms with Crippen LogP contribution in [0.15, 0.2) is 42.5 Å². The highest BCUT2D eigenvalue weighted by molar-refractivity contribution is 5.69. The van der Waals surface area contributed by atoms with Gasteiger partial charge in [-0.05, 0) is 53.8 Å². The van der Waals surface area contributed by atoms with E-state index in [2.05, 4.69) is 37.3 Å². The smallest absolute Gasteiger partial charge is 0.119 e.